The van der Waals surface area contributed by atoms with Gasteiger partial charge in [0.05, 0.1) is 19.3 Å². The number of likely N-dealkylation sites (tertiary alicyclic amines) is 1. The number of piperazine rings is 1. The topological polar surface area (TPSA) is 37.0 Å². The average Bonchev–Trinajstić information content (AvgIpc) is 3.15. The monoisotopic (exact) mass is 347 g/mol. The van der Waals surface area contributed by atoms with Crippen molar-refractivity contribution < 1.29 is 9.47 Å². The quantitative estimate of drug-likeness (QED) is 0.782. The Kier molecular flexibility index (Phi) is 6.96. The van der Waals surface area contributed by atoms with Crippen molar-refractivity contribution in [3.05, 3.63) is 23.8 Å². The van der Waals surface area contributed by atoms with Crippen molar-refractivity contribution in [2.75, 3.05) is 59.0 Å². The minimum atomic E-state index is 0.387. The molecule has 1 aromatic rings. The molecule has 0 radical (unpaired) electrons. The van der Waals surface area contributed by atoms with Gasteiger partial charge in [0, 0.05) is 44.4 Å². The third-order valence-electron chi connectivity index (χ3n) is 5.18. The maximum atomic E-state index is 6.02. The van der Waals surface area contributed by atoms with Crippen molar-refractivity contribution in [2.24, 2.45) is 0 Å². The molecule has 2 aliphatic rings. The molecular weight excluding hydrogens is 314 g/mol. The second kappa shape index (κ2) is 9.41. The molecule has 1 unspecified atom stereocenters. The van der Waals surface area contributed by atoms with E-state index in [9.17, 15) is 0 Å². The summed E-state index contributed by atoms with van der Waals surface area (Å²) in [6.45, 7) is 13.3. The van der Waals surface area contributed by atoms with Gasteiger partial charge in [-0.2, -0.15) is 0 Å². The second-order valence-electron chi connectivity index (χ2n) is 6.88. The predicted octanol–water partition coefficient (Wildman–Crippen LogP) is 2.53. The highest BCUT2D eigenvalue weighted by molar-refractivity contribution is 5.43. The minimum absolute atomic E-state index is 0.387. The van der Waals surface area contributed by atoms with E-state index in [1.807, 2.05) is 6.92 Å². The summed E-state index contributed by atoms with van der Waals surface area (Å²) in [6.07, 6.45) is 2.66. The first-order valence-electron chi connectivity index (χ1n) is 9.88. The van der Waals surface area contributed by atoms with E-state index >= 15 is 0 Å². The summed E-state index contributed by atoms with van der Waals surface area (Å²) in [5.41, 5.74) is 1.30. The van der Waals surface area contributed by atoms with E-state index in [1.165, 1.54) is 31.5 Å². The number of hydrogen-bond acceptors (Lipinski definition) is 5. The highest BCUT2D eigenvalue weighted by atomic mass is 16.5. The van der Waals surface area contributed by atoms with Crippen LogP contribution in [0.2, 0.25) is 0 Å². The van der Waals surface area contributed by atoms with Crippen LogP contribution in [0.5, 0.6) is 11.5 Å². The summed E-state index contributed by atoms with van der Waals surface area (Å²) in [5.74, 6) is 1.88. The van der Waals surface area contributed by atoms with Crippen LogP contribution < -0.4 is 14.8 Å². The van der Waals surface area contributed by atoms with Crippen molar-refractivity contribution in [3.63, 3.8) is 0 Å². The Bertz CT molecular complexity index is 526. The maximum Gasteiger partial charge on any atom is 0.127 e. The van der Waals surface area contributed by atoms with Crippen LogP contribution in [-0.2, 0) is 0 Å². The Morgan fingerprint density at radius 2 is 1.72 bits per heavy atom. The number of rotatable bonds is 8. The zero-order valence-electron chi connectivity index (χ0n) is 15.8. The first-order chi connectivity index (χ1) is 12.3. The van der Waals surface area contributed by atoms with Gasteiger partial charge < -0.3 is 19.7 Å². The predicted molar refractivity (Wildman–Crippen MR) is 102 cm³/mol. The molecule has 0 amide bonds. The largest absolute Gasteiger partial charge is 0.494 e. The molecule has 5 nitrogen and oxygen atoms in total. The number of nitrogens with one attached hydrogen (secondary N) is 1. The number of ether oxygens (including phenoxy) is 2. The molecule has 2 aliphatic heterocycles. The van der Waals surface area contributed by atoms with Crippen molar-refractivity contribution in [2.45, 2.75) is 32.7 Å². The molecule has 5 heteroatoms. The van der Waals surface area contributed by atoms with Gasteiger partial charge >= 0.3 is 0 Å². The van der Waals surface area contributed by atoms with Gasteiger partial charge in [-0.3, -0.25) is 4.90 Å². The Hall–Kier alpha value is -1.30. The molecule has 2 saturated heterocycles. The molecule has 2 heterocycles. The molecule has 1 atom stereocenters. The van der Waals surface area contributed by atoms with Gasteiger partial charge in [-0.25, -0.2) is 0 Å². The molecule has 140 valence electrons. The van der Waals surface area contributed by atoms with Gasteiger partial charge in [-0.1, -0.05) is 6.07 Å². The molecule has 0 aliphatic carbocycles. The summed E-state index contributed by atoms with van der Waals surface area (Å²) in [6, 6.07) is 6.78. The smallest absolute Gasteiger partial charge is 0.127 e. The second-order valence-corrected chi connectivity index (χ2v) is 6.88. The van der Waals surface area contributed by atoms with E-state index < -0.39 is 0 Å². The fraction of sp³-hybridized carbons (Fsp3) is 0.700. The number of benzene rings is 1. The number of hydrogen-bond donors (Lipinski definition) is 1. The Labute approximate surface area is 152 Å². The zero-order valence-corrected chi connectivity index (χ0v) is 15.8. The van der Waals surface area contributed by atoms with Crippen LogP contribution in [0.1, 0.15) is 38.3 Å². The molecule has 0 spiro atoms. The van der Waals surface area contributed by atoms with Gasteiger partial charge in [0.1, 0.15) is 11.5 Å². The lowest BCUT2D eigenvalue weighted by atomic mass is 10.0. The van der Waals surface area contributed by atoms with Gasteiger partial charge in [-0.05, 0) is 45.8 Å². The van der Waals surface area contributed by atoms with Gasteiger partial charge in [0.25, 0.3) is 0 Å². The Morgan fingerprint density at radius 1 is 1.00 bits per heavy atom. The first kappa shape index (κ1) is 18.5. The first-order valence-corrected chi connectivity index (χ1v) is 9.88. The SMILES string of the molecule is CCOc1ccc(C(CN2CCCC2)N2CCNCC2)c(OCC)c1. The molecule has 1 N–H and O–H groups in total. The normalized spacial score (nSPS) is 20.6. The van der Waals surface area contributed by atoms with Crippen molar-refractivity contribution in [1.82, 2.24) is 15.1 Å². The fourth-order valence-electron chi connectivity index (χ4n) is 3.94. The Balaban J connectivity index is 1.86. The molecule has 0 bridgehead atoms. The lowest BCUT2D eigenvalue weighted by Crippen LogP contribution is -2.47. The molecule has 0 aromatic heterocycles. The maximum absolute atomic E-state index is 6.02. The standard InChI is InChI=1S/C20H33N3O2/c1-3-24-17-7-8-18(20(15-17)25-4-2)19(16-22-11-5-6-12-22)23-13-9-21-10-14-23/h7-8,15,19,21H,3-6,9-14,16H2,1-2H3. The summed E-state index contributed by atoms with van der Waals surface area (Å²) in [4.78, 5) is 5.23. The van der Waals surface area contributed by atoms with Crippen molar-refractivity contribution in [3.8, 4) is 11.5 Å². The molecule has 25 heavy (non-hydrogen) atoms. The summed E-state index contributed by atoms with van der Waals surface area (Å²) in [5, 5.41) is 3.47. The van der Waals surface area contributed by atoms with Crippen LogP contribution in [-0.4, -0.2) is 68.8 Å². The highest BCUT2D eigenvalue weighted by Crippen LogP contribution is 2.34. The van der Waals surface area contributed by atoms with Crippen LogP contribution in [0, 0.1) is 0 Å². The van der Waals surface area contributed by atoms with Crippen molar-refractivity contribution >= 4 is 0 Å². The minimum Gasteiger partial charge on any atom is -0.494 e. The van der Waals surface area contributed by atoms with Gasteiger partial charge in [-0.15, -0.1) is 0 Å². The lowest BCUT2D eigenvalue weighted by Gasteiger charge is -2.38. The van der Waals surface area contributed by atoms with E-state index in [-0.39, 0.29) is 0 Å². The fourth-order valence-corrected chi connectivity index (χ4v) is 3.94. The highest BCUT2D eigenvalue weighted by Gasteiger charge is 2.28. The van der Waals surface area contributed by atoms with E-state index in [2.05, 4.69) is 40.2 Å². The average molecular weight is 348 g/mol. The van der Waals surface area contributed by atoms with E-state index in [0.717, 1.165) is 44.2 Å². The molecule has 1 aromatic carbocycles. The zero-order chi connectivity index (χ0) is 17.5. The summed E-state index contributed by atoms with van der Waals surface area (Å²) < 4.78 is 11.7. The van der Waals surface area contributed by atoms with Crippen LogP contribution in [0.3, 0.4) is 0 Å². The molecular formula is C20H33N3O2. The van der Waals surface area contributed by atoms with E-state index in [1.54, 1.807) is 0 Å². The van der Waals surface area contributed by atoms with Crippen molar-refractivity contribution in [1.29, 1.82) is 0 Å². The third-order valence-corrected chi connectivity index (χ3v) is 5.18. The number of nitrogens with zero attached hydrogens (tertiary/aromatic N) is 2. The third kappa shape index (κ3) is 4.87. The van der Waals surface area contributed by atoms with E-state index in [4.69, 9.17) is 9.47 Å². The van der Waals surface area contributed by atoms with Gasteiger partial charge in [0.2, 0.25) is 0 Å². The molecule has 2 fully saturated rings. The molecule has 3 rings (SSSR count). The Morgan fingerprint density at radius 3 is 2.40 bits per heavy atom. The van der Waals surface area contributed by atoms with Crippen LogP contribution in [0.4, 0.5) is 0 Å². The summed E-state index contributed by atoms with van der Waals surface area (Å²) in [7, 11) is 0. The molecule has 0 saturated carbocycles. The van der Waals surface area contributed by atoms with Gasteiger partial charge in [0.15, 0.2) is 0 Å². The van der Waals surface area contributed by atoms with Crippen LogP contribution >= 0.6 is 0 Å². The summed E-state index contributed by atoms with van der Waals surface area (Å²) >= 11 is 0. The van der Waals surface area contributed by atoms with Crippen LogP contribution in [0.25, 0.3) is 0 Å². The van der Waals surface area contributed by atoms with Crippen LogP contribution in [0.15, 0.2) is 18.2 Å². The lowest BCUT2D eigenvalue weighted by molar-refractivity contribution is 0.132. The van der Waals surface area contributed by atoms with E-state index in [0.29, 0.717) is 19.3 Å².